The molecule has 11 nitrogen and oxygen atoms in total. The van der Waals surface area contributed by atoms with Gasteiger partial charge in [0.2, 0.25) is 5.91 Å². The number of piperazine rings is 1. The number of benzene rings is 1. The zero-order chi connectivity index (χ0) is 22.1. The summed E-state index contributed by atoms with van der Waals surface area (Å²) in [5.74, 6) is 0.561. The summed E-state index contributed by atoms with van der Waals surface area (Å²) in [6, 6.07) is 3.53. The Morgan fingerprint density at radius 3 is 2.71 bits per heavy atom. The van der Waals surface area contributed by atoms with Crippen molar-refractivity contribution in [2.45, 2.75) is 13.0 Å². The van der Waals surface area contributed by atoms with Crippen molar-refractivity contribution >= 4 is 45.7 Å². The van der Waals surface area contributed by atoms with Crippen LogP contribution in [0.5, 0.6) is 0 Å². The lowest BCUT2D eigenvalue weighted by Gasteiger charge is -2.38. The van der Waals surface area contributed by atoms with Gasteiger partial charge in [-0.3, -0.25) is 24.5 Å². The topological polar surface area (TPSA) is 122 Å². The van der Waals surface area contributed by atoms with Crippen LogP contribution in [0.15, 0.2) is 30.7 Å². The normalized spacial score (nSPS) is 15.8. The second-order valence-corrected chi connectivity index (χ2v) is 7.72. The number of aromatic nitrogens is 4. The number of anilines is 2. The summed E-state index contributed by atoms with van der Waals surface area (Å²) in [7, 11) is 1.84. The van der Waals surface area contributed by atoms with Crippen molar-refractivity contribution in [1.29, 1.82) is 0 Å². The standard InChI is InChI=1S/C19H21ClN8O3/c1-12(19(29)24-16-9-13(28(30)31)3-4-15(16)20)26-5-7-27(8-6-26)18-14-10-23-25(2)17(14)21-11-22-18/h3-4,9-12H,5-8H2,1-2H3,(H,24,29). The van der Waals surface area contributed by atoms with Crippen molar-refractivity contribution in [2.75, 3.05) is 36.4 Å². The van der Waals surface area contributed by atoms with E-state index in [9.17, 15) is 14.9 Å². The highest BCUT2D eigenvalue weighted by atomic mass is 35.5. The van der Waals surface area contributed by atoms with E-state index in [4.69, 9.17) is 11.6 Å². The van der Waals surface area contributed by atoms with Crippen LogP contribution in [0.4, 0.5) is 17.2 Å². The molecule has 2 aromatic heterocycles. The maximum absolute atomic E-state index is 12.7. The number of rotatable bonds is 5. The minimum absolute atomic E-state index is 0.132. The van der Waals surface area contributed by atoms with Crippen molar-refractivity contribution in [1.82, 2.24) is 24.6 Å². The molecule has 0 aliphatic carbocycles. The molecule has 1 aliphatic heterocycles. The molecule has 1 aliphatic rings. The number of carbonyl (C=O) groups excluding carboxylic acids is 1. The first-order valence-corrected chi connectivity index (χ1v) is 10.1. The zero-order valence-corrected chi connectivity index (χ0v) is 17.8. The van der Waals surface area contributed by atoms with Gasteiger partial charge in [-0.1, -0.05) is 11.6 Å². The molecule has 0 bridgehead atoms. The number of fused-ring (bicyclic) bond motifs is 1. The van der Waals surface area contributed by atoms with E-state index < -0.39 is 11.0 Å². The molecule has 1 amide bonds. The van der Waals surface area contributed by atoms with Gasteiger partial charge >= 0.3 is 0 Å². The Kier molecular flexibility index (Phi) is 5.70. The number of hydrogen-bond donors (Lipinski definition) is 1. The van der Waals surface area contributed by atoms with E-state index in [1.165, 1.54) is 24.5 Å². The van der Waals surface area contributed by atoms with E-state index in [0.717, 1.165) is 16.9 Å². The molecule has 12 heteroatoms. The summed E-state index contributed by atoms with van der Waals surface area (Å²) in [6.07, 6.45) is 3.29. The van der Waals surface area contributed by atoms with Gasteiger partial charge in [0.25, 0.3) is 5.69 Å². The largest absolute Gasteiger partial charge is 0.353 e. The smallest absolute Gasteiger partial charge is 0.271 e. The number of nitrogens with one attached hydrogen (secondary N) is 1. The van der Waals surface area contributed by atoms with Crippen LogP contribution < -0.4 is 10.2 Å². The third-order valence-corrected chi connectivity index (χ3v) is 5.80. The monoisotopic (exact) mass is 444 g/mol. The first-order valence-electron chi connectivity index (χ1n) is 9.71. The minimum Gasteiger partial charge on any atom is -0.353 e. The Balaban J connectivity index is 1.41. The SMILES string of the molecule is CC(C(=O)Nc1cc([N+](=O)[O-])ccc1Cl)N1CCN(c2ncnc3c2cnn3C)CC1. The van der Waals surface area contributed by atoms with E-state index in [1.54, 1.807) is 17.8 Å². The molecule has 1 aromatic carbocycles. The van der Waals surface area contributed by atoms with Crippen LogP contribution in [0.25, 0.3) is 11.0 Å². The number of carbonyl (C=O) groups is 1. The van der Waals surface area contributed by atoms with E-state index in [1.807, 2.05) is 7.05 Å². The second kappa shape index (κ2) is 8.44. The second-order valence-electron chi connectivity index (χ2n) is 7.31. The number of halogens is 1. The Bertz CT molecular complexity index is 1140. The Morgan fingerprint density at radius 1 is 1.26 bits per heavy atom. The number of amides is 1. The van der Waals surface area contributed by atoms with Crippen LogP contribution in [0.2, 0.25) is 5.02 Å². The summed E-state index contributed by atoms with van der Waals surface area (Å²) in [6.45, 7) is 4.50. The molecule has 4 rings (SSSR count). The third kappa shape index (κ3) is 4.14. The maximum atomic E-state index is 12.7. The van der Waals surface area contributed by atoms with Crippen molar-refractivity contribution in [3.05, 3.63) is 45.9 Å². The third-order valence-electron chi connectivity index (χ3n) is 5.47. The van der Waals surface area contributed by atoms with Gasteiger partial charge in [0.05, 0.1) is 33.3 Å². The minimum atomic E-state index is -0.527. The molecule has 1 unspecified atom stereocenters. The van der Waals surface area contributed by atoms with Crippen LogP contribution >= 0.6 is 11.6 Å². The molecule has 0 saturated carbocycles. The van der Waals surface area contributed by atoms with Gasteiger partial charge in [-0.15, -0.1) is 0 Å². The van der Waals surface area contributed by atoms with E-state index in [0.29, 0.717) is 26.2 Å². The van der Waals surface area contributed by atoms with Gasteiger partial charge in [0.15, 0.2) is 5.65 Å². The molecule has 0 radical (unpaired) electrons. The number of nitro groups is 1. The summed E-state index contributed by atoms with van der Waals surface area (Å²) in [5, 5.41) is 19.1. The lowest BCUT2D eigenvalue weighted by molar-refractivity contribution is -0.384. The maximum Gasteiger partial charge on any atom is 0.271 e. The predicted octanol–water partition coefficient (Wildman–Crippen LogP) is 2.07. The lowest BCUT2D eigenvalue weighted by atomic mass is 10.2. The van der Waals surface area contributed by atoms with Crippen LogP contribution in [-0.4, -0.2) is 67.7 Å². The zero-order valence-electron chi connectivity index (χ0n) is 17.0. The van der Waals surface area contributed by atoms with Gasteiger partial charge in [0.1, 0.15) is 12.1 Å². The highest BCUT2D eigenvalue weighted by Gasteiger charge is 2.27. The molecule has 1 N–H and O–H groups in total. The highest BCUT2D eigenvalue weighted by molar-refractivity contribution is 6.33. The molecule has 31 heavy (non-hydrogen) atoms. The lowest BCUT2D eigenvalue weighted by Crippen LogP contribution is -2.53. The number of nitro benzene ring substituents is 1. The predicted molar refractivity (Wildman–Crippen MR) is 116 cm³/mol. The first kappa shape index (κ1) is 20.9. The van der Waals surface area contributed by atoms with Gasteiger partial charge in [0, 0.05) is 45.4 Å². The van der Waals surface area contributed by atoms with Crippen LogP contribution in [-0.2, 0) is 11.8 Å². The fraction of sp³-hybridized carbons (Fsp3) is 0.368. The van der Waals surface area contributed by atoms with Crippen LogP contribution in [0.3, 0.4) is 0 Å². The summed E-state index contributed by atoms with van der Waals surface area (Å²) in [4.78, 5) is 36.1. The van der Waals surface area contributed by atoms with Gasteiger partial charge in [-0.05, 0) is 13.0 Å². The van der Waals surface area contributed by atoms with Gasteiger partial charge in [-0.2, -0.15) is 5.10 Å². The van der Waals surface area contributed by atoms with Crippen LogP contribution in [0, 0.1) is 10.1 Å². The molecule has 1 fully saturated rings. The number of hydrogen-bond acceptors (Lipinski definition) is 8. The van der Waals surface area contributed by atoms with Crippen molar-refractivity contribution < 1.29 is 9.72 Å². The summed E-state index contributed by atoms with van der Waals surface area (Å²) >= 11 is 6.10. The highest BCUT2D eigenvalue weighted by Crippen LogP contribution is 2.27. The average molecular weight is 445 g/mol. The van der Waals surface area contributed by atoms with E-state index >= 15 is 0 Å². The summed E-state index contributed by atoms with van der Waals surface area (Å²) < 4.78 is 1.71. The van der Waals surface area contributed by atoms with E-state index in [-0.39, 0.29) is 22.3 Å². The molecular formula is C19H21ClN8O3. The number of aryl methyl sites for hydroxylation is 1. The van der Waals surface area contributed by atoms with E-state index in [2.05, 4.69) is 30.2 Å². The average Bonchev–Trinajstić information content (AvgIpc) is 3.15. The molecule has 1 saturated heterocycles. The fourth-order valence-electron chi connectivity index (χ4n) is 3.65. The Labute approximate surface area is 182 Å². The molecule has 0 spiro atoms. The van der Waals surface area contributed by atoms with Crippen molar-refractivity contribution in [3.63, 3.8) is 0 Å². The van der Waals surface area contributed by atoms with Crippen molar-refractivity contribution in [2.24, 2.45) is 7.05 Å². The first-order chi connectivity index (χ1) is 14.8. The Morgan fingerprint density at radius 2 is 2.00 bits per heavy atom. The molecule has 162 valence electrons. The Hall–Kier alpha value is -3.31. The molecule has 3 heterocycles. The van der Waals surface area contributed by atoms with Crippen molar-refractivity contribution in [3.8, 4) is 0 Å². The molecular weight excluding hydrogens is 424 g/mol. The van der Waals surface area contributed by atoms with Gasteiger partial charge < -0.3 is 10.2 Å². The van der Waals surface area contributed by atoms with Gasteiger partial charge in [-0.25, -0.2) is 9.97 Å². The quantitative estimate of drug-likeness (QED) is 0.468. The molecule has 3 aromatic rings. The molecule has 1 atom stereocenters. The summed E-state index contributed by atoms with van der Waals surface area (Å²) in [5.41, 5.74) is 0.868. The number of non-ortho nitro benzene ring substituents is 1. The fourth-order valence-corrected chi connectivity index (χ4v) is 3.81. The van der Waals surface area contributed by atoms with Crippen LogP contribution in [0.1, 0.15) is 6.92 Å². The number of nitrogens with zero attached hydrogens (tertiary/aromatic N) is 7.